The quantitative estimate of drug-likeness (QED) is 0.574. The molecule has 28 heavy (non-hydrogen) atoms. The standard InChI is InChI=1S/C20H16Cl2N2O3S/c21-14-7-4-8-15(22)18(14)19-23-13(11-28-19)10-17(25)24-16(20(26)27)9-12-5-2-1-3-6-12/h1-8,11,16H,9-10H2,(H,24,25)(H,26,27)/t16-/m1/s1. The van der Waals surface area contributed by atoms with Crippen molar-refractivity contribution in [3.8, 4) is 10.6 Å². The smallest absolute Gasteiger partial charge is 0.326 e. The summed E-state index contributed by atoms with van der Waals surface area (Å²) >= 11 is 13.7. The SMILES string of the molecule is O=C(Cc1csc(-c2c(Cl)cccc2Cl)n1)N[C@H](Cc1ccccc1)C(=O)O. The van der Waals surface area contributed by atoms with Crippen LogP contribution in [0.15, 0.2) is 53.9 Å². The normalized spacial score (nSPS) is 11.8. The van der Waals surface area contributed by atoms with E-state index in [2.05, 4.69) is 10.3 Å². The van der Waals surface area contributed by atoms with Gasteiger partial charge in [0.15, 0.2) is 0 Å². The first-order valence-corrected chi connectivity index (χ1v) is 10.0. The summed E-state index contributed by atoms with van der Waals surface area (Å²) in [7, 11) is 0. The molecule has 0 spiro atoms. The number of carbonyl (C=O) groups excluding carboxylic acids is 1. The minimum absolute atomic E-state index is 0.0306. The Morgan fingerprint density at radius 3 is 2.39 bits per heavy atom. The molecule has 2 N–H and O–H groups in total. The van der Waals surface area contributed by atoms with E-state index in [1.165, 1.54) is 11.3 Å². The zero-order valence-electron chi connectivity index (χ0n) is 14.6. The van der Waals surface area contributed by atoms with Crippen molar-refractivity contribution in [1.29, 1.82) is 0 Å². The van der Waals surface area contributed by atoms with Crippen LogP contribution in [0.4, 0.5) is 0 Å². The number of amides is 1. The average Bonchev–Trinajstić information content (AvgIpc) is 3.09. The summed E-state index contributed by atoms with van der Waals surface area (Å²) in [5.74, 6) is -1.50. The van der Waals surface area contributed by atoms with E-state index in [1.807, 2.05) is 30.3 Å². The van der Waals surface area contributed by atoms with Gasteiger partial charge < -0.3 is 10.4 Å². The minimum atomic E-state index is -1.08. The van der Waals surface area contributed by atoms with Crippen molar-refractivity contribution in [2.24, 2.45) is 0 Å². The number of carboxylic acids is 1. The van der Waals surface area contributed by atoms with E-state index < -0.39 is 17.9 Å². The Morgan fingerprint density at radius 2 is 1.75 bits per heavy atom. The van der Waals surface area contributed by atoms with Crippen molar-refractivity contribution in [1.82, 2.24) is 10.3 Å². The molecule has 0 aliphatic rings. The Balaban J connectivity index is 1.67. The molecule has 3 rings (SSSR count). The second-order valence-corrected chi connectivity index (χ2v) is 7.74. The number of nitrogens with zero attached hydrogens (tertiary/aromatic N) is 1. The Hall–Kier alpha value is -2.41. The predicted molar refractivity (Wildman–Crippen MR) is 111 cm³/mol. The third kappa shape index (κ3) is 5.10. The van der Waals surface area contributed by atoms with Gasteiger partial charge in [-0.3, -0.25) is 4.79 Å². The Morgan fingerprint density at radius 1 is 1.07 bits per heavy atom. The number of rotatable bonds is 7. The summed E-state index contributed by atoms with van der Waals surface area (Å²) in [5, 5.41) is 15.3. The van der Waals surface area contributed by atoms with Gasteiger partial charge in [0, 0.05) is 17.4 Å². The summed E-state index contributed by atoms with van der Waals surface area (Å²) in [4.78, 5) is 28.3. The highest BCUT2D eigenvalue weighted by molar-refractivity contribution is 7.13. The Bertz CT molecular complexity index is 972. The molecule has 0 saturated carbocycles. The van der Waals surface area contributed by atoms with E-state index in [-0.39, 0.29) is 12.8 Å². The minimum Gasteiger partial charge on any atom is -0.480 e. The van der Waals surface area contributed by atoms with Gasteiger partial charge in [0.05, 0.1) is 22.2 Å². The summed E-state index contributed by atoms with van der Waals surface area (Å²) in [6.07, 6.45) is 0.177. The number of halogens is 2. The fourth-order valence-corrected chi connectivity index (χ4v) is 4.24. The van der Waals surface area contributed by atoms with Crippen LogP contribution in [-0.4, -0.2) is 28.0 Å². The van der Waals surface area contributed by atoms with E-state index in [1.54, 1.807) is 23.6 Å². The molecule has 0 aliphatic heterocycles. The largest absolute Gasteiger partial charge is 0.480 e. The fraction of sp³-hybridized carbons (Fsp3) is 0.150. The van der Waals surface area contributed by atoms with Gasteiger partial charge in [-0.25, -0.2) is 9.78 Å². The molecule has 1 heterocycles. The highest BCUT2D eigenvalue weighted by Gasteiger charge is 2.21. The maximum atomic E-state index is 12.3. The first-order valence-electron chi connectivity index (χ1n) is 8.39. The Kier molecular flexibility index (Phi) is 6.67. The highest BCUT2D eigenvalue weighted by Crippen LogP contribution is 2.36. The lowest BCUT2D eigenvalue weighted by atomic mass is 10.1. The third-order valence-electron chi connectivity index (χ3n) is 3.99. The zero-order chi connectivity index (χ0) is 20.1. The summed E-state index contributed by atoms with van der Waals surface area (Å²) in [6, 6.07) is 13.3. The van der Waals surface area contributed by atoms with Gasteiger partial charge >= 0.3 is 5.97 Å². The number of hydrogen-bond donors (Lipinski definition) is 2. The molecule has 0 saturated heterocycles. The van der Waals surface area contributed by atoms with Crippen LogP contribution in [0.1, 0.15) is 11.3 Å². The second-order valence-electron chi connectivity index (χ2n) is 6.07. The lowest BCUT2D eigenvalue weighted by molar-refractivity contribution is -0.141. The predicted octanol–water partition coefficient (Wildman–Crippen LogP) is 4.47. The number of aliphatic carboxylic acids is 1. The van der Waals surface area contributed by atoms with E-state index in [4.69, 9.17) is 23.2 Å². The molecule has 2 aromatic carbocycles. The van der Waals surface area contributed by atoms with Crippen LogP contribution in [0.3, 0.4) is 0 Å². The molecule has 5 nitrogen and oxygen atoms in total. The van der Waals surface area contributed by atoms with Gasteiger partial charge in [0.25, 0.3) is 0 Å². The molecule has 3 aromatic rings. The zero-order valence-corrected chi connectivity index (χ0v) is 16.9. The molecule has 0 unspecified atom stereocenters. The van der Waals surface area contributed by atoms with Crippen molar-refractivity contribution >= 4 is 46.4 Å². The topological polar surface area (TPSA) is 79.3 Å². The van der Waals surface area contributed by atoms with Crippen LogP contribution in [0.5, 0.6) is 0 Å². The molecule has 1 amide bonds. The molecule has 8 heteroatoms. The van der Waals surface area contributed by atoms with E-state index in [0.717, 1.165) is 5.56 Å². The fourth-order valence-electron chi connectivity index (χ4n) is 2.66. The van der Waals surface area contributed by atoms with Crippen molar-refractivity contribution in [2.45, 2.75) is 18.9 Å². The first-order chi connectivity index (χ1) is 13.4. The van der Waals surface area contributed by atoms with E-state index >= 15 is 0 Å². The number of carbonyl (C=O) groups is 2. The highest BCUT2D eigenvalue weighted by atomic mass is 35.5. The number of hydrogen-bond acceptors (Lipinski definition) is 4. The van der Waals surface area contributed by atoms with Crippen molar-refractivity contribution in [2.75, 3.05) is 0 Å². The molecule has 144 valence electrons. The lowest BCUT2D eigenvalue weighted by Crippen LogP contribution is -2.43. The molecular formula is C20H16Cl2N2O3S. The van der Waals surface area contributed by atoms with Crippen molar-refractivity contribution < 1.29 is 14.7 Å². The number of nitrogens with one attached hydrogen (secondary N) is 1. The van der Waals surface area contributed by atoms with Crippen LogP contribution >= 0.6 is 34.5 Å². The number of benzene rings is 2. The number of aromatic nitrogens is 1. The maximum Gasteiger partial charge on any atom is 0.326 e. The van der Waals surface area contributed by atoms with Gasteiger partial charge in [-0.2, -0.15) is 0 Å². The molecule has 1 atom stereocenters. The first kappa shape index (κ1) is 20.3. The molecule has 0 aliphatic carbocycles. The lowest BCUT2D eigenvalue weighted by Gasteiger charge is -2.14. The van der Waals surface area contributed by atoms with Crippen molar-refractivity contribution in [3.05, 3.63) is 75.2 Å². The van der Waals surface area contributed by atoms with Crippen LogP contribution in [-0.2, 0) is 22.4 Å². The molecule has 0 radical (unpaired) electrons. The average molecular weight is 435 g/mol. The molecule has 1 aromatic heterocycles. The van der Waals surface area contributed by atoms with Gasteiger partial charge in [-0.15, -0.1) is 11.3 Å². The summed E-state index contributed by atoms with van der Waals surface area (Å²) in [5.41, 5.74) is 1.98. The summed E-state index contributed by atoms with van der Waals surface area (Å²) in [6.45, 7) is 0. The number of carboxylic acid groups (broad SMARTS) is 1. The van der Waals surface area contributed by atoms with Gasteiger partial charge in [0.1, 0.15) is 11.0 Å². The third-order valence-corrected chi connectivity index (χ3v) is 5.52. The van der Waals surface area contributed by atoms with Crippen LogP contribution in [0, 0.1) is 0 Å². The second kappa shape index (κ2) is 9.19. The van der Waals surface area contributed by atoms with Gasteiger partial charge in [-0.05, 0) is 17.7 Å². The van der Waals surface area contributed by atoms with Crippen molar-refractivity contribution in [3.63, 3.8) is 0 Å². The molecule has 0 bridgehead atoms. The Labute approximate surface area is 176 Å². The molecular weight excluding hydrogens is 419 g/mol. The maximum absolute atomic E-state index is 12.3. The van der Waals surface area contributed by atoms with Gasteiger partial charge in [-0.1, -0.05) is 59.6 Å². The summed E-state index contributed by atoms with van der Waals surface area (Å²) < 4.78 is 0. The molecule has 0 fully saturated rings. The van der Waals surface area contributed by atoms with Crippen LogP contribution in [0.25, 0.3) is 10.6 Å². The van der Waals surface area contributed by atoms with Crippen LogP contribution in [0.2, 0.25) is 10.0 Å². The van der Waals surface area contributed by atoms with Crippen LogP contribution < -0.4 is 5.32 Å². The van der Waals surface area contributed by atoms with E-state index in [0.29, 0.717) is 26.3 Å². The number of thiazole rings is 1. The monoisotopic (exact) mass is 434 g/mol. The van der Waals surface area contributed by atoms with Gasteiger partial charge in [0.2, 0.25) is 5.91 Å². The van der Waals surface area contributed by atoms with E-state index in [9.17, 15) is 14.7 Å².